The molecule has 1 N–H and O–H groups in total. The predicted octanol–water partition coefficient (Wildman–Crippen LogP) is 2.50. The van der Waals surface area contributed by atoms with Gasteiger partial charge in [0.1, 0.15) is 11.8 Å². The minimum atomic E-state index is -4.73. The van der Waals surface area contributed by atoms with E-state index < -0.39 is 52.7 Å². The maximum atomic E-state index is 13.6. The van der Waals surface area contributed by atoms with Gasteiger partial charge in [-0.25, -0.2) is 0 Å². The lowest BCUT2D eigenvalue weighted by Gasteiger charge is -2.42. The molecule has 4 saturated heterocycles. The summed E-state index contributed by atoms with van der Waals surface area (Å²) in [6.45, 7) is 3.24. The van der Waals surface area contributed by atoms with Crippen molar-refractivity contribution < 1.29 is 32.5 Å². The van der Waals surface area contributed by atoms with Gasteiger partial charge in [-0.15, -0.1) is 0 Å². The summed E-state index contributed by atoms with van der Waals surface area (Å²) >= 11 is 0. The van der Waals surface area contributed by atoms with Gasteiger partial charge in [0.2, 0.25) is 5.91 Å². The van der Waals surface area contributed by atoms with Crippen LogP contribution in [0.5, 0.6) is 0 Å². The van der Waals surface area contributed by atoms with Crippen LogP contribution in [0.4, 0.5) is 18.9 Å². The fraction of sp³-hybridized carbons (Fsp3) is 0.600. The van der Waals surface area contributed by atoms with E-state index in [2.05, 4.69) is 0 Å². The molecule has 2 bridgehead atoms. The number of hydrogen-bond acceptors (Lipinski definition) is 5. The topological polar surface area (TPSA) is 82.8 Å². The summed E-state index contributed by atoms with van der Waals surface area (Å²) < 4.78 is 53.0. The van der Waals surface area contributed by atoms with Gasteiger partial charge in [-0.1, -0.05) is 0 Å². The zero-order chi connectivity index (χ0) is 20.9. The molecule has 9 heteroatoms. The monoisotopic (exact) mass is 408 g/mol. The van der Waals surface area contributed by atoms with Crippen LogP contribution in [0.2, 0.25) is 0 Å². The molecule has 4 heterocycles. The molecule has 154 valence electrons. The second-order valence-corrected chi connectivity index (χ2v) is 8.54. The molecule has 1 aromatic rings. The Labute approximate surface area is 164 Å². The summed E-state index contributed by atoms with van der Waals surface area (Å²) in [5, 5.41) is 19.7. The van der Waals surface area contributed by atoms with Crippen molar-refractivity contribution in [2.75, 3.05) is 11.5 Å². The largest absolute Gasteiger partial charge is 0.418 e. The number of halogens is 3. The van der Waals surface area contributed by atoms with E-state index in [4.69, 9.17) is 14.7 Å². The molecule has 0 saturated carbocycles. The molecular weight excluding hydrogens is 389 g/mol. The van der Waals surface area contributed by atoms with Gasteiger partial charge in [-0.3, -0.25) is 9.69 Å². The molecule has 1 aromatic carbocycles. The number of fused-ring (bicyclic) bond motifs is 2. The van der Waals surface area contributed by atoms with Crippen LogP contribution in [0.15, 0.2) is 12.1 Å². The summed E-state index contributed by atoms with van der Waals surface area (Å²) in [7, 11) is 0. The van der Waals surface area contributed by atoms with Crippen molar-refractivity contribution in [3.63, 3.8) is 0 Å². The number of benzene rings is 1. The van der Waals surface area contributed by atoms with Gasteiger partial charge in [-0.05, 0) is 31.5 Å². The number of aliphatic hydroxyl groups excluding tert-OH is 1. The number of rotatable bonds is 1. The van der Waals surface area contributed by atoms with Crippen LogP contribution in [0.25, 0.3) is 0 Å². The first kappa shape index (κ1) is 18.9. The number of carbonyl (C=O) groups excluding carboxylic acids is 1. The molecule has 0 aliphatic carbocycles. The fourth-order valence-corrected chi connectivity index (χ4v) is 6.00. The van der Waals surface area contributed by atoms with E-state index in [-0.39, 0.29) is 23.8 Å². The third-order valence-corrected chi connectivity index (χ3v) is 7.19. The number of hydrogen-bond donors (Lipinski definition) is 1. The van der Waals surface area contributed by atoms with Crippen LogP contribution in [0.1, 0.15) is 36.5 Å². The van der Waals surface area contributed by atoms with Crippen LogP contribution in [-0.2, 0) is 20.4 Å². The molecule has 0 radical (unpaired) electrons. The lowest BCUT2D eigenvalue weighted by atomic mass is 9.65. The summed E-state index contributed by atoms with van der Waals surface area (Å²) in [5.41, 5.74) is -3.44. The summed E-state index contributed by atoms with van der Waals surface area (Å²) in [6.07, 6.45) is -5.41. The lowest BCUT2D eigenvalue weighted by molar-refractivity contribution is -0.143. The molecule has 4 aliphatic rings. The van der Waals surface area contributed by atoms with E-state index in [9.17, 15) is 23.1 Å². The van der Waals surface area contributed by atoms with Crippen molar-refractivity contribution in [1.82, 2.24) is 0 Å². The van der Waals surface area contributed by atoms with Gasteiger partial charge in [0, 0.05) is 24.4 Å². The van der Waals surface area contributed by atoms with E-state index in [0.29, 0.717) is 12.8 Å². The molecular formula is C20H19F3N2O4. The Morgan fingerprint density at radius 3 is 2.76 bits per heavy atom. The molecule has 4 aliphatic heterocycles. The molecule has 1 amide bonds. The van der Waals surface area contributed by atoms with Gasteiger partial charge in [-0.2, -0.15) is 18.4 Å². The van der Waals surface area contributed by atoms with Crippen LogP contribution < -0.4 is 4.90 Å². The van der Waals surface area contributed by atoms with Gasteiger partial charge in [0.15, 0.2) is 0 Å². The number of amides is 1. The average molecular weight is 408 g/mol. The van der Waals surface area contributed by atoms with Gasteiger partial charge < -0.3 is 14.6 Å². The van der Waals surface area contributed by atoms with E-state index in [0.717, 1.165) is 6.07 Å². The molecule has 29 heavy (non-hydrogen) atoms. The standard InChI is InChI=1S/C20H19F3N2O4/c1-9-11(4-3-10(8-24)13(9)20(21,22)23)25-16(27)14-15-17(25)28-6-5-19(15)7-12(26)18(14,2)29-19/h3-4,12,14-15,17,26H,5-7H2,1-2H3/t12-,14-,15+,17+,18-,19+/m1/s1. The SMILES string of the molecule is Cc1c(N2C(=O)[C@H]3[C@H]4[C@@H]2OCC[C@]42C[C@@H](O)[C@@]3(C)O2)ccc(C#N)c1C(F)(F)F. The van der Waals surface area contributed by atoms with Crippen molar-refractivity contribution in [2.24, 2.45) is 11.8 Å². The first-order chi connectivity index (χ1) is 13.5. The average Bonchev–Trinajstić information content (AvgIpc) is 3.18. The Bertz CT molecular complexity index is 974. The number of alkyl halides is 3. The van der Waals surface area contributed by atoms with E-state index >= 15 is 0 Å². The second-order valence-electron chi connectivity index (χ2n) is 8.54. The molecule has 4 fully saturated rings. The van der Waals surface area contributed by atoms with Crippen LogP contribution in [0.3, 0.4) is 0 Å². The van der Waals surface area contributed by atoms with Crippen molar-refractivity contribution >= 4 is 11.6 Å². The minimum absolute atomic E-state index is 0.0789. The Hall–Kier alpha value is -2.15. The second kappa shape index (κ2) is 5.50. The van der Waals surface area contributed by atoms with E-state index in [1.807, 2.05) is 0 Å². The first-order valence-electron chi connectivity index (χ1n) is 9.49. The highest BCUT2D eigenvalue weighted by Crippen LogP contribution is 2.65. The fourth-order valence-electron chi connectivity index (χ4n) is 6.00. The molecule has 0 unspecified atom stereocenters. The Balaban J connectivity index is 1.67. The highest BCUT2D eigenvalue weighted by molar-refractivity contribution is 6.00. The third kappa shape index (κ3) is 2.14. The number of nitrogens with zero attached hydrogens (tertiary/aromatic N) is 2. The Morgan fingerprint density at radius 2 is 2.10 bits per heavy atom. The van der Waals surface area contributed by atoms with Crippen molar-refractivity contribution in [1.29, 1.82) is 5.26 Å². The normalized spacial score (nSPS) is 40.3. The van der Waals surface area contributed by atoms with Crippen LogP contribution >= 0.6 is 0 Å². The number of nitriles is 1. The van der Waals surface area contributed by atoms with Crippen molar-refractivity contribution in [3.8, 4) is 6.07 Å². The Kier molecular flexibility index (Phi) is 3.58. The quantitative estimate of drug-likeness (QED) is 0.772. The number of ether oxygens (including phenoxy) is 2. The summed E-state index contributed by atoms with van der Waals surface area (Å²) in [5.74, 6) is -1.46. The zero-order valence-electron chi connectivity index (χ0n) is 15.8. The molecule has 5 rings (SSSR count). The van der Waals surface area contributed by atoms with E-state index in [1.165, 1.54) is 17.9 Å². The third-order valence-electron chi connectivity index (χ3n) is 7.19. The molecule has 6 nitrogen and oxygen atoms in total. The van der Waals surface area contributed by atoms with Gasteiger partial charge in [0.05, 0.1) is 41.4 Å². The highest BCUT2D eigenvalue weighted by atomic mass is 19.4. The van der Waals surface area contributed by atoms with Gasteiger partial charge >= 0.3 is 6.18 Å². The first-order valence-corrected chi connectivity index (χ1v) is 9.49. The van der Waals surface area contributed by atoms with Crippen LogP contribution in [0, 0.1) is 30.1 Å². The maximum absolute atomic E-state index is 13.6. The molecule has 6 atom stereocenters. The number of anilines is 1. The van der Waals surface area contributed by atoms with Crippen molar-refractivity contribution in [3.05, 3.63) is 28.8 Å². The minimum Gasteiger partial charge on any atom is -0.390 e. The summed E-state index contributed by atoms with van der Waals surface area (Å²) in [6, 6.07) is 4.04. The van der Waals surface area contributed by atoms with Crippen molar-refractivity contribution in [2.45, 2.75) is 56.4 Å². The lowest BCUT2D eigenvalue weighted by Crippen LogP contribution is -2.53. The molecule has 1 spiro atoms. The van der Waals surface area contributed by atoms with Gasteiger partial charge in [0.25, 0.3) is 0 Å². The Morgan fingerprint density at radius 1 is 1.38 bits per heavy atom. The zero-order valence-corrected chi connectivity index (χ0v) is 15.8. The number of carbonyl (C=O) groups is 1. The molecule has 0 aromatic heterocycles. The van der Waals surface area contributed by atoms with E-state index in [1.54, 1.807) is 13.0 Å². The maximum Gasteiger partial charge on any atom is 0.418 e. The summed E-state index contributed by atoms with van der Waals surface area (Å²) in [4.78, 5) is 14.7. The van der Waals surface area contributed by atoms with Crippen LogP contribution in [-0.4, -0.2) is 41.2 Å². The highest BCUT2D eigenvalue weighted by Gasteiger charge is 2.78. The predicted molar refractivity (Wildman–Crippen MR) is 92.6 cm³/mol. The number of aliphatic hydroxyl groups is 1. The smallest absolute Gasteiger partial charge is 0.390 e.